The van der Waals surface area contributed by atoms with E-state index in [0.29, 0.717) is 11.3 Å². The zero-order chi connectivity index (χ0) is 23.8. The van der Waals surface area contributed by atoms with Crippen molar-refractivity contribution in [3.8, 4) is 0 Å². The number of ether oxygens (including phenoxy) is 1. The van der Waals surface area contributed by atoms with Gasteiger partial charge in [-0.3, -0.25) is 5.32 Å². The van der Waals surface area contributed by atoms with Gasteiger partial charge in [0, 0.05) is 30.7 Å². The number of nitrogens with one attached hydrogen (secondary N) is 1. The monoisotopic (exact) mass is 467 g/mol. The molecule has 1 aromatic heterocycles. The van der Waals surface area contributed by atoms with Crippen molar-refractivity contribution in [2.45, 2.75) is 31.9 Å². The minimum atomic E-state index is -3.78. The van der Waals surface area contributed by atoms with Crippen molar-refractivity contribution in [3.63, 3.8) is 0 Å². The quantitative estimate of drug-likeness (QED) is 0.476. The first kappa shape index (κ1) is 24.3. The molecule has 1 N–H and O–H groups in total. The van der Waals surface area contributed by atoms with Gasteiger partial charge in [-0.25, -0.2) is 18.2 Å². The lowest BCUT2D eigenvalue weighted by Crippen LogP contribution is -2.24. The first-order valence-electron chi connectivity index (χ1n) is 10.9. The molecule has 174 valence electrons. The number of anilines is 2. The van der Waals surface area contributed by atoms with Crippen LogP contribution in [0, 0.1) is 6.92 Å². The average Bonchev–Trinajstić information content (AvgIpc) is 2.82. The van der Waals surface area contributed by atoms with E-state index < -0.39 is 27.8 Å². The molecule has 33 heavy (non-hydrogen) atoms. The number of carbonyl (C=O) groups is 1. The van der Waals surface area contributed by atoms with Crippen molar-refractivity contribution < 1.29 is 17.9 Å². The first-order chi connectivity index (χ1) is 15.8. The molecule has 0 spiro atoms. The van der Waals surface area contributed by atoms with E-state index in [1.54, 1.807) is 36.4 Å². The lowest BCUT2D eigenvalue weighted by Gasteiger charge is -2.22. The van der Waals surface area contributed by atoms with Crippen LogP contribution in [0.2, 0.25) is 0 Å². The zero-order valence-corrected chi connectivity index (χ0v) is 19.9. The molecule has 8 heteroatoms. The summed E-state index contributed by atoms with van der Waals surface area (Å²) in [6.45, 7) is 7.85. The maximum absolute atomic E-state index is 12.9. The van der Waals surface area contributed by atoms with Gasteiger partial charge < -0.3 is 9.64 Å². The van der Waals surface area contributed by atoms with Crippen LogP contribution in [-0.2, 0) is 14.6 Å². The number of rotatable bonds is 9. The summed E-state index contributed by atoms with van der Waals surface area (Å²) in [6.07, 6.45) is -0.296. The summed E-state index contributed by atoms with van der Waals surface area (Å²) in [6, 6.07) is 19.3. The van der Waals surface area contributed by atoms with Gasteiger partial charge in [0.15, 0.2) is 14.9 Å². The fraction of sp³-hybridized carbons (Fsp3) is 0.280. The van der Waals surface area contributed by atoms with E-state index in [1.165, 1.54) is 12.3 Å². The Labute approximate surface area is 195 Å². The Hall–Kier alpha value is -3.39. The molecule has 0 aliphatic heterocycles. The summed E-state index contributed by atoms with van der Waals surface area (Å²) >= 11 is 0. The van der Waals surface area contributed by atoms with Crippen LogP contribution in [0.3, 0.4) is 0 Å². The maximum atomic E-state index is 12.9. The molecule has 0 bridgehead atoms. The Bertz CT molecular complexity index is 1160. The summed E-state index contributed by atoms with van der Waals surface area (Å²) in [5, 5.41) is 2.69. The topological polar surface area (TPSA) is 88.6 Å². The minimum Gasteiger partial charge on any atom is -0.440 e. The molecule has 0 aliphatic rings. The molecule has 3 aromatic rings. The molecule has 0 saturated heterocycles. The maximum Gasteiger partial charge on any atom is 0.412 e. The third-order valence-electron chi connectivity index (χ3n) is 5.32. The zero-order valence-electron chi connectivity index (χ0n) is 19.1. The van der Waals surface area contributed by atoms with Crippen LogP contribution in [-0.4, -0.2) is 38.3 Å². The number of carbonyl (C=O) groups excluding carboxylic acids is 1. The number of hydrogen-bond acceptors (Lipinski definition) is 6. The standard InChI is InChI=1S/C25H29N3O4S/c1-4-28(5-2)21-14-15-22(19(3)17-21)27-25(29)32-23(20-11-7-6-8-12-20)18-33(30,31)24-13-9-10-16-26-24/h6-17,23H,4-5,18H2,1-3H3,(H,27,29). The van der Waals surface area contributed by atoms with Gasteiger partial charge >= 0.3 is 6.09 Å². The van der Waals surface area contributed by atoms with Crippen LogP contribution in [0.15, 0.2) is 78.0 Å². The summed E-state index contributed by atoms with van der Waals surface area (Å²) in [5.74, 6) is -0.415. The highest BCUT2D eigenvalue weighted by atomic mass is 32.2. The SMILES string of the molecule is CCN(CC)c1ccc(NC(=O)OC(CS(=O)(=O)c2ccccn2)c2ccccc2)c(C)c1. The number of aromatic nitrogens is 1. The molecule has 0 fully saturated rings. The van der Waals surface area contributed by atoms with Gasteiger partial charge in [-0.1, -0.05) is 36.4 Å². The fourth-order valence-electron chi connectivity index (χ4n) is 3.52. The van der Waals surface area contributed by atoms with Gasteiger partial charge in [0.05, 0.1) is 5.75 Å². The minimum absolute atomic E-state index is 0.0576. The highest BCUT2D eigenvalue weighted by Gasteiger charge is 2.27. The molecule has 0 aliphatic carbocycles. The van der Waals surface area contributed by atoms with E-state index in [9.17, 15) is 13.2 Å². The summed E-state index contributed by atoms with van der Waals surface area (Å²) in [7, 11) is -3.78. The first-order valence-corrected chi connectivity index (χ1v) is 12.5. The molecule has 0 saturated carbocycles. The third kappa shape index (κ3) is 6.32. The number of nitrogens with zero attached hydrogens (tertiary/aromatic N) is 2. The second-order valence-electron chi connectivity index (χ2n) is 7.55. The number of amides is 1. The van der Waals surface area contributed by atoms with Crippen molar-refractivity contribution in [1.82, 2.24) is 4.98 Å². The normalized spacial score (nSPS) is 12.1. The second kappa shape index (κ2) is 11.0. The van der Waals surface area contributed by atoms with Crippen LogP contribution in [0.5, 0.6) is 0 Å². The van der Waals surface area contributed by atoms with Gasteiger partial charge in [-0.2, -0.15) is 0 Å². The van der Waals surface area contributed by atoms with E-state index in [0.717, 1.165) is 24.3 Å². The van der Waals surface area contributed by atoms with Crippen molar-refractivity contribution in [2.24, 2.45) is 0 Å². The van der Waals surface area contributed by atoms with Crippen LogP contribution in [0.4, 0.5) is 16.2 Å². The number of sulfone groups is 1. The highest BCUT2D eigenvalue weighted by molar-refractivity contribution is 7.91. The van der Waals surface area contributed by atoms with Gasteiger partial charge in [-0.05, 0) is 62.2 Å². The number of hydrogen-bond donors (Lipinski definition) is 1. The molecule has 1 atom stereocenters. The van der Waals surface area contributed by atoms with Crippen molar-refractivity contribution in [2.75, 3.05) is 29.1 Å². The Morgan fingerprint density at radius 1 is 1.03 bits per heavy atom. The van der Waals surface area contributed by atoms with Crippen LogP contribution in [0.1, 0.15) is 31.1 Å². The third-order valence-corrected chi connectivity index (χ3v) is 6.94. The van der Waals surface area contributed by atoms with E-state index in [2.05, 4.69) is 29.0 Å². The Balaban J connectivity index is 1.79. The summed E-state index contributed by atoms with van der Waals surface area (Å²) < 4.78 is 31.4. The second-order valence-corrected chi connectivity index (χ2v) is 9.53. The number of pyridine rings is 1. The van der Waals surface area contributed by atoms with Gasteiger partial charge in [-0.15, -0.1) is 0 Å². The van der Waals surface area contributed by atoms with Crippen molar-refractivity contribution in [1.29, 1.82) is 0 Å². The average molecular weight is 468 g/mol. The molecular formula is C25H29N3O4S. The predicted octanol–water partition coefficient (Wildman–Crippen LogP) is 5.00. The number of benzene rings is 2. The Morgan fingerprint density at radius 3 is 2.33 bits per heavy atom. The fourth-order valence-corrected chi connectivity index (χ4v) is 4.86. The molecule has 2 aromatic carbocycles. The van der Waals surface area contributed by atoms with Crippen LogP contribution >= 0.6 is 0 Å². The van der Waals surface area contributed by atoms with Gasteiger partial charge in [0.1, 0.15) is 6.10 Å². The summed E-state index contributed by atoms with van der Waals surface area (Å²) in [5.41, 5.74) is 3.14. The van der Waals surface area contributed by atoms with Crippen molar-refractivity contribution >= 4 is 27.3 Å². The molecular weight excluding hydrogens is 438 g/mol. The largest absolute Gasteiger partial charge is 0.440 e. The molecule has 1 heterocycles. The van der Waals surface area contributed by atoms with Crippen LogP contribution < -0.4 is 10.2 Å². The van der Waals surface area contributed by atoms with Gasteiger partial charge in [0.25, 0.3) is 0 Å². The van der Waals surface area contributed by atoms with E-state index >= 15 is 0 Å². The summed E-state index contributed by atoms with van der Waals surface area (Å²) in [4.78, 5) is 18.9. The Kier molecular flexibility index (Phi) is 8.06. The molecule has 0 radical (unpaired) electrons. The predicted molar refractivity (Wildman–Crippen MR) is 130 cm³/mol. The highest BCUT2D eigenvalue weighted by Crippen LogP contribution is 2.26. The smallest absolute Gasteiger partial charge is 0.412 e. The Morgan fingerprint density at radius 2 is 1.73 bits per heavy atom. The van der Waals surface area contributed by atoms with E-state index in [4.69, 9.17) is 4.74 Å². The van der Waals surface area contributed by atoms with Crippen LogP contribution in [0.25, 0.3) is 0 Å². The van der Waals surface area contributed by atoms with Crippen molar-refractivity contribution in [3.05, 3.63) is 84.1 Å². The number of aryl methyl sites for hydroxylation is 1. The molecule has 3 rings (SSSR count). The van der Waals surface area contributed by atoms with E-state index in [1.807, 2.05) is 31.2 Å². The van der Waals surface area contributed by atoms with Gasteiger partial charge in [0.2, 0.25) is 0 Å². The van der Waals surface area contributed by atoms with E-state index in [-0.39, 0.29) is 5.03 Å². The lowest BCUT2D eigenvalue weighted by molar-refractivity contribution is 0.122. The molecule has 7 nitrogen and oxygen atoms in total. The molecule has 1 unspecified atom stereocenters. The molecule has 1 amide bonds. The lowest BCUT2D eigenvalue weighted by atomic mass is 10.1.